The van der Waals surface area contributed by atoms with Crippen LogP contribution in [0.3, 0.4) is 0 Å². The van der Waals surface area contributed by atoms with Crippen molar-refractivity contribution in [2.45, 2.75) is 161 Å². The molecule has 0 spiro atoms. The largest absolute Gasteiger partial charge is 0.398 e. The summed E-state index contributed by atoms with van der Waals surface area (Å²) >= 11 is 0. The molecule has 10 heteroatoms. The van der Waals surface area contributed by atoms with Gasteiger partial charge in [0.25, 0.3) is 0 Å². The van der Waals surface area contributed by atoms with Crippen molar-refractivity contribution in [1.29, 1.82) is 21.6 Å². The molecule has 0 aliphatic heterocycles. The van der Waals surface area contributed by atoms with Crippen molar-refractivity contribution in [3.8, 4) is 33.4 Å². The molecule has 16 N–H and O–H groups in total. The Bertz CT molecular complexity index is 3450. The molecule has 0 radical (unpaired) electrons. The Morgan fingerprint density at radius 1 is 0.183 bits per heavy atom. The minimum atomic E-state index is 0. The molecule has 0 aromatic heterocycles. The summed E-state index contributed by atoms with van der Waals surface area (Å²) in [6.07, 6.45) is 16.4. The third-order valence-electron chi connectivity index (χ3n) is 17.4. The van der Waals surface area contributed by atoms with E-state index >= 15 is 0 Å². The van der Waals surface area contributed by atoms with Crippen LogP contribution in [-0.4, -0.2) is 22.8 Å². The van der Waals surface area contributed by atoms with Gasteiger partial charge < -0.3 is 56.0 Å². The number of allylic oxidation sites excluding steroid dienone is 20. The first-order valence-electron chi connectivity index (χ1n) is 30.5. The second-order valence-electron chi connectivity index (χ2n) is 25.1. The minimum Gasteiger partial charge on any atom is -0.398 e. The Kier molecular flexibility index (Phi) is 26.6. The van der Waals surface area contributed by atoms with E-state index in [1.807, 2.05) is 187 Å². The van der Waals surface area contributed by atoms with Crippen molar-refractivity contribution in [1.82, 2.24) is 0 Å². The summed E-state index contributed by atoms with van der Waals surface area (Å²) in [6, 6.07) is 25.6. The molecule has 0 bridgehead atoms. The van der Waals surface area contributed by atoms with Gasteiger partial charge in [-0.1, -0.05) is 22.3 Å². The molecule has 6 aromatic carbocycles. The van der Waals surface area contributed by atoms with Gasteiger partial charge in [-0.25, -0.2) is 0 Å². The number of anilines is 6. The van der Waals surface area contributed by atoms with Gasteiger partial charge in [-0.05, 0) is 427 Å². The molecule has 10 rings (SSSR count). The number of nitrogens with one attached hydrogen (secondary N) is 4. The lowest BCUT2D eigenvalue weighted by atomic mass is 9.88. The molecule has 6 aromatic rings. The number of hydrogen-bond acceptors (Lipinski definition) is 10. The van der Waals surface area contributed by atoms with E-state index in [9.17, 15) is 0 Å². The summed E-state index contributed by atoms with van der Waals surface area (Å²) in [6.45, 7) is 40.3. The molecule has 0 saturated carbocycles. The maximum absolute atomic E-state index is 7.89. The minimum absolute atomic E-state index is 0. The Morgan fingerprint density at radius 2 is 0.269 bits per heavy atom. The molecule has 0 unspecified atom stereocenters. The summed E-state index contributed by atoms with van der Waals surface area (Å²) in [7, 11) is 0. The normalized spacial score (nSPS) is 14.1. The Balaban J connectivity index is 0.000000301. The zero-order chi connectivity index (χ0) is 67.2. The highest BCUT2D eigenvalue weighted by Crippen LogP contribution is 2.35. The molecular formula is C83H108N10. The number of nitrogen functional groups attached to an aromatic ring is 6. The maximum atomic E-state index is 7.89. The van der Waals surface area contributed by atoms with Crippen LogP contribution in [0.2, 0.25) is 0 Å². The lowest BCUT2D eigenvalue weighted by molar-refractivity contribution is 1.31. The van der Waals surface area contributed by atoms with E-state index in [4.69, 9.17) is 56.0 Å². The van der Waals surface area contributed by atoms with E-state index in [2.05, 4.69) is 72.8 Å². The first-order chi connectivity index (χ1) is 42.0. The van der Waals surface area contributed by atoms with Crippen molar-refractivity contribution in [2.24, 2.45) is 0 Å². The van der Waals surface area contributed by atoms with Crippen LogP contribution in [0.1, 0.15) is 144 Å². The number of benzene rings is 6. The van der Waals surface area contributed by atoms with Gasteiger partial charge in [-0.3, -0.25) is 0 Å². The zero-order valence-corrected chi connectivity index (χ0v) is 57.0. The highest BCUT2D eigenvalue weighted by Gasteiger charge is 2.18. The topological polar surface area (TPSA) is 252 Å². The number of rotatable bonds is 3. The van der Waals surface area contributed by atoms with Gasteiger partial charge in [0.1, 0.15) is 0 Å². The summed E-state index contributed by atoms with van der Waals surface area (Å²) in [5.41, 5.74) is 76.8. The van der Waals surface area contributed by atoms with Gasteiger partial charge in [0.05, 0.1) is 22.8 Å². The van der Waals surface area contributed by atoms with Gasteiger partial charge >= 0.3 is 0 Å². The molecule has 10 nitrogen and oxygen atoms in total. The van der Waals surface area contributed by atoms with Gasteiger partial charge in [0.2, 0.25) is 0 Å². The van der Waals surface area contributed by atoms with Gasteiger partial charge in [-0.2, -0.15) is 0 Å². The average molecular weight is 1250 g/mol. The molecular weight excluding hydrogens is 1140 g/mol. The smallest absolute Gasteiger partial charge is 0.0598 e. The van der Waals surface area contributed by atoms with E-state index in [0.29, 0.717) is 22.8 Å². The van der Waals surface area contributed by atoms with Crippen LogP contribution in [0.15, 0.2) is 188 Å². The van der Waals surface area contributed by atoms with E-state index in [0.717, 1.165) is 168 Å². The Labute approximate surface area is 559 Å². The monoisotopic (exact) mass is 1240 g/mol. The van der Waals surface area contributed by atoms with Crippen LogP contribution in [0.4, 0.5) is 34.1 Å². The first-order valence-corrected chi connectivity index (χ1v) is 30.5. The van der Waals surface area contributed by atoms with Crippen LogP contribution in [-0.2, 0) is 0 Å². The van der Waals surface area contributed by atoms with Crippen LogP contribution in [0.5, 0.6) is 0 Å². The van der Waals surface area contributed by atoms with Crippen molar-refractivity contribution in [3.63, 3.8) is 0 Å². The van der Waals surface area contributed by atoms with Crippen LogP contribution in [0, 0.1) is 105 Å². The second-order valence-corrected chi connectivity index (χ2v) is 25.1. The summed E-state index contributed by atoms with van der Waals surface area (Å²) < 4.78 is 0. The first kappa shape index (κ1) is 77.4. The van der Waals surface area contributed by atoms with Crippen molar-refractivity contribution < 1.29 is 0 Å². The lowest BCUT2D eigenvalue weighted by Crippen LogP contribution is -2.09. The highest BCUT2D eigenvalue weighted by molar-refractivity contribution is 6.14. The molecule has 4 aliphatic carbocycles. The zero-order valence-electron chi connectivity index (χ0n) is 57.0. The summed E-state index contributed by atoms with van der Waals surface area (Å²) in [5.74, 6) is 0. The third kappa shape index (κ3) is 18.3. The van der Waals surface area contributed by atoms with Gasteiger partial charge in [0.15, 0.2) is 0 Å². The fourth-order valence-corrected chi connectivity index (χ4v) is 11.4. The predicted molar refractivity (Wildman–Crippen MR) is 414 cm³/mol. The number of hydrogen-bond donors (Lipinski definition) is 10. The number of nitrogens with two attached hydrogens (primary N) is 6. The molecule has 4 aliphatic rings. The molecule has 93 heavy (non-hydrogen) atoms. The summed E-state index contributed by atoms with van der Waals surface area (Å²) in [5, 5.41) is 31.6. The third-order valence-corrected chi connectivity index (χ3v) is 17.4. The van der Waals surface area contributed by atoms with Crippen molar-refractivity contribution in [2.75, 3.05) is 34.4 Å². The second kappa shape index (κ2) is 32.0. The van der Waals surface area contributed by atoms with Gasteiger partial charge in [0, 0.05) is 34.1 Å². The van der Waals surface area contributed by atoms with Crippen LogP contribution >= 0.6 is 0 Å². The van der Waals surface area contributed by atoms with E-state index in [-0.39, 0.29) is 22.3 Å². The Hall–Kier alpha value is -9.80. The Morgan fingerprint density at radius 3 is 0.355 bits per heavy atom. The standard InChI is InChI=1S/3C16H20N2.2C16H18N2.3CH4/c5*1-9-5-13(6-10(2)15(9)17)14-7-11(3)16(18)12(4)8-14;;;/h3*5-8H,17-18H2,1-4H3;2*5-8,17-18H,1-4H3;3*1H4. The summed E-state index contributed by atoms with van der Waals surface area (Å²) in [4.78, 5) is 0. The molecule has 0 saturated heterocycles. The highest BCUT2D eigenvalue weighted by atomic mass is 14.6. The van der Waals surface area contributed by atoms with E-state index < -0.39 is 0 Å². The van der Waals surface area contributed by atoms with E-state index in [1.54, 1.807) is 0 Å². The lowest BCUT2D eigenvalue weighted by Gasteiger charge is -2.17. The molecule has 0 heterocycles. The quantitative estimate of drug-likeness (QED) is 0.0771. The maximum Gasteiger partial charge on any atom is 0.0598 e. The molecule has 0 fully saturated rings. The van der Waals surface area contributed by atoms with Crippen molar-refractivity contribution in [3.05, 3.63) is 255 Å². The van der Waals surface area contributed by atoms with Crippen LogP contribution < -0.4 is 34.4 Å². The fraction of sp³-hybridized carbons (Fsp3) is 0.277. The average Bonchev–Trinajstić information content (AvgIpc) is 0.882. The van der Waals surface area contributed by atoms with E-state index in [1.165, 1.54) is 33.4 Å². The van der Waals surface area contributed by atoms with Crippen molar-refractivity contribution >= 4 is 57.0 Å². The SMILES string of the molecule is C.C.C.CC1=CC(=C2C=C(C)C(=N)C(C)=C2)C=C(C)C1=N.CC1=CC(=C2C=C(C)C(=N)C(C)=C2)C=C(C)C1=N.Cc1cc(-c2cc(C)c(N)c(C)c2)cc(C)c1N.Cc1cc(-c2cc(C)c(N)c(C)c2)cc(C)c1N.Cc1cc(-c2cc(C)c(N)c(C)c2)cc(C)c1N. The number of aryl methyl sites for hydroxylation is 12. The predicted octanol–water partition coefficient (Wildman–Crippen LogP) is 21.4. The molecule has 490 valence electrons. The van der Waals surface area contributed by atoms with Crippen LogP contribution in [0.25, 0.3) is 33.4 Å². The fourth-order valence-electron chi connectivity index (χ4n) is 11.4. The van der Waals surface area contributed by atoms with Gasteiger partial charge in [-0.15, -0.1) is 0 Å². The molecule has 0 amide bonds. The molecule has 0 atom stereocenters.